The van der Waals surface area contributed by atoms with Gasteiger partial charge in [0, 0.05) is 23.5 Å². The monoisotopic (exact) mass is 397 g/mol. The molecule has 1 saturated carbocycles. The lowest BCUT2D eigenvalue weighted by atomic mass is 10.0. The Morgan fingerprint density at radius 3 is 2.79 bits per heavy atom. The van der Waals surface area contributed by atoms with Gasteiger partial charge in [0.15, 0.2) is 0 Å². The predicted molar refractivity (Wildman–Crippen MR) is 113 cm³/mol. The van der Waals surface area contributed by atoms with Gasteiger partial charge in [0.2, 0.25) is 5.91 Å². The zero-order valence-electron chi connectivity index (χ0n) is 16.2. The Hall–Kier alpha value is -2.18. The van der Waals surface area contributed by atoms with Crippen LogP contribution in [-0.2, 0) is 11.2 Å². The molecule has 4 rings (SSSR count). The van der Waals surface area contributed by atoms with Gasteiger partial charge in [-0.15, -0.1) is 11.3 Å². The number of amides is 2. The normalized spacial score (nSPS) is 20.0. The molecule has 0 radical (unpaired) electrons. The fraction of sp³-hybridized carbons (Fsp3) is 0.455. The summed E-state index contributed by atoms with van der Waals surface area (Å²) >= 11 is 1.80. The number of anilines is 1. The first-order chi connectivity index (χ1) is 13.6. The van der Waals surface area contributed by atoms with E-state index in [9.17, 15) is 9.59 Å². The number of benzene rings is 1. The Labute approximate surface area is 170 Å². The van der Waals surface area contributed by atoms with E-state index in [2.05, 4.69) is 33.9 Å². The second-order valence-corrected chi connectivity index (χ2v) is 8.74. The van der Waals surface area contributed by atoms with Crippen LogP contribution in [0.1, 0.15) is 59.4 Å². The highest BCUT2D eigenvalue weighted by molar-refractivity contribution is 7.10. The molecular formula is C22H27N3O2S. The van der Waals surface area contributed by atoms with Crippen LogP contribution in [0.5, 0.6) is 0 Å². The minimum absolute atomic E-state index is 0.0772. The lowest BCUT2D eigenvalue weighted by Gasteiger charge is -2.33. The number of carbonyl (C=O) groups excluding carboxylic acids is 2. The summed E-state index contributed by atoms with van der Waals surface area (Å²) in [6.07, 6.45) is 5.41. The minimum Gasteiger partial charge on any atom is -0.349 e. The van der Waals surface area contributed by atoms with Crippen molar-refractivity contribution in [1.82, 2.24) is 10.2 Å². The van der Waals surface area contributed by atoms with Crippen LogP contribution in [0.3, 0.4) is 0 Å². The highest BCUT2D eigenvalue weighted by atomic mass is 32.1. The van der Waals surface area contributed by atoms with Crippen LogP contribution in [0.2, 0.25) is 0 Å². The molecule has 2 aromatic rings. The van der Waals surface area contributed by atoms with Gasteiger partial charge in [-0.2, -0.15) is 0 Å². The molecule has 0 spiro atoms. The largest absolute Gasteiger partial charge is 0.349 e. The van der Waals surface area contributed by atoms with Crippen molar-refractivity contribution >= 4 is 28.8 Å². The molecule has 148 valence electrons. The van der Waals surface area contributed by atoms with Gasteiger partial charge in [0.25, 0.3) is 5.91 Å². The van der Waals surface area contributed by atoms with E-state index < -0.39 is 0 Å². The van der Waals surface area contributed by atoms with Crippen molar-refractivity contribution < 1.29 is 9.59 Å². The molecule has 1 fully saturated rings. The molecule has 2 aliphatic rings. The Balaban J connectivity index is 1.40. The molecule has 28 heavy (non-hydrogen) atoms. The van der Waals surface area contributed by atoms with E-state index in [0.717, 1.165) is 25.8 Å². The number of hydrogen-bond donors (Lipinski definition) is 2. The molecule has 1 aromatic carbocycles. The Morgan fingerprint density at radius 1 is 1.18 bits per heavy atom. The maximum absolute atomic E-state index is 12.7. The van der Waals surface area contributed by atoms with E-state index in [0.29, 0.717) is 17.8 Å². The Kier molecular flexibility index (Phi) is 5.78. The van der Waals surface area contributed by atoms with Gasteiger partial charge in [0.1, 0.15) is 0 Å². The van der Waals surface area contributed by atoms with Gasteiger partial charge in [0.05, 0.1) is 17.8 Å². The first kappa shape index (κ1) is 19.2. The van der Waals surface area contributed by atoms with Crippen molar-refractivity contribution in [3.63, 3.8) is 0 Å². The summed E-state index contributed by atoms with van der Waals surface area (Å²) in [4.78, 5) is 29.0. The number of rotatable bonds is 5. The quantitative estimate of drug-likeness (QED) is 0.802. The van der Waals surface area contributed by atoms with Crippen LogP contribution in [0.4, 0.5) is 5.69 Å². The average Bonchev–Trinajstić information content (AvgIpc) is 3.36. The first-order valence-corrected chi connectivity index (χ1v) is 11.0. The zero-order chi connectivity index (χ0) is 19.5. The van der Waals surface area contributed by atoms with Gasteiger partial charge in [-0.25, -0.2) is 0 Å². The molecule has 6 heteroatoms. The fourth-order valence-electron chi connectivity index (χ4n) is 4.28. The number of thiophene rings is 1. The van der Waals surface area contributed by atoms with Crippen LogP contribution in [-0.4, -0.2) is 35.8 Å². The molecule has 0 bridgehead atoms. The van der Waals surface area contributed by atoms with Gasteiger partial charge in [-0.1, -0.05) is 25.0 Å². The van der Waals surface area contributed by atoms with Crippen molar-refractivity contribution in [3.8, 4) is 0 Å². The maximum atomic E-state index is 12.7. The van der Waals surface area contributed by atoms with E-state index >= 15 is 0 Å². The summed E-state index contributed by atoms with van der Waals surface area (Å²) in [7, 11) is 0. The number of nitrogens with zero attached hydrogens (tertiary/aromatic N) is 1. The SMILES string of the molecule is C[C@H]1c2ccsc2CCN1CC(=O)Nc1ccccc1C(=O)NC1CCCC1. The smallest absolute Gasteiger partial charge is 0.253 e. The summed E-state index contributed by atoms with van der Waals surface area (Å²) in [5, 5.41) is 8.20. The highest BCUT2D eigenvalue weighted by Crippen LogP contribution is 2.32. The summed E-state index contributed by atoms with van der Waals surface area (Å²) in [5.41, 5.74) is 2.46. The van der Waals surface area contributed by atoms with E-state index in [1.165, 1.54) is 23.3 Å². The molecule has 1 aliphatic carbocycles. The number of carbonyl (C=O) groups is 2. The van der Waals surface area contributed by atoms with Crippen molar-refractivity contribution in [2.75, 3.05) is 18.4 Å². The van der Waals surface area contributed by atoms with E-state index in [4.69, 9.17) is 0 Å². The van der Waals surface area contributed by atoms with Gasteiger partial charge in [-0.05, 0) is 55.3 Å². The molecule has 1 atom stereocenters. The van der Waals surface area contributed by atoms with E-state index in [-0.39, 0.29) is 23.9 Å². The van der Waals surface area contributed by atoms with Crippen LogP contribution in [0.15, 0.2) is 35.7 Å². The average molecular weight is 398 g/mol. The van der Waals surface area contributed by atoms with E-state index in [1.54, 1.807) is 23.5 Å². The zero-order valence-corrected chi connectivity index (χ0v) is 17.1. The number of nitrogens with one attached hydrogen (secondary N) is 2. The maximum Gasteiger partial charge on any atom is 0.253 e. The van der Waals surface area contributed by atoms with E-state index in [1.807, 2.05) is 12.1 Å². The van der Waals surface area contributed by atoms with Crippen LogP contribution < -0.4 is 10.6 Å². The highest BCUT2D eigenvalue weighted by Gasteiger charge is 2.26. The van der Waals surface area contributed by atoms with Gasteiger partial charge >= 0.3 is 0 Å². The molecule has 0 saturated heterocycles. The Bertz CT molecular complexity index is 857. The summed E-state index contributed by atoms with van der Waals surface area (Å²) in [6, 6.07) is 9.93. The van der Waals surface area contributed by atoms with Crippen molar-refractivity contribution in [3.05, 3.63) is 51.7 Å². The molecule has 5 nitrogen and oxygen atoms in total. The molecule has 1 aliphatic heterocycles. The lowest BCUT2D eigenvalue weighted by Crippen LogP contribution is -2.39. The number of hydrogen-bond acceptors (Lipinski definition) is 4. The molecular weight excluding hydrogens is 370 g/mol. The third-order valence-electron chi connectivity index (χ3n) is 5.89. The first-order valence-electron chi connectivity index (χ1n) is 10.1. The van der Waals surface area contributed by atoms with Crippen molar-refractivity contribution in [2.45, 2.75) is 51.1 Å². The minimum atomic E-state index is -0.0999. The summed E-state index contributed by atoms with van der Waals surface area (Å²) in [5.74, 6) is -0.177. The second-order valence-electron chi connectivity index (χ2n) is 7.74. The lowest BCUT2D eigenvalue weighted by molar-refractivity contribution is -0.117. The topological polar surface area (TPSA) is 61.4 Å². The molecule has 1 aromatic heterocycles. The van der Waals surface area contributed by atoms with Gasteiger partial charge in [-0.3, -0.25) is 14.5 Å². The molecule has 2 N–H and O–H groups in total. The number of para-hydroxylation sites is 1. The fourth-order valence-corrected chi connectivity index (χ4v) is 5.24. The van der Waals surface area contributed by atoms with Crippen LogP contribution in [0.25, 0.3) is 0 Å². The van der Waals surface area contributed by atoms with Crippen molar-refractivity contribution in [1.29, 1.82) is 0 Å². The number of fused-ring (bicyclic) bond motifs is 1. The summed E-state index contributed by atoms with van der Waals surface area (Å²) < 4.78 is 0. The van der Waals surface area contributed by atoms with Crippen molar-refractivity contribution in [2.24, 2.45) is 0 Å². The standard InChI is InChI=1S/C22H27N3O2S/c1-15-17-11-13-28-20(17)10-12-25(15)14-21(26)24-19-9-5-4-8-18(19)22(27)23-16-6-2-3-7-16/h4-5,8-9,11,13,15-16H,2-3,6-7,10,12,14H2,1H3,(H,23,27)(H,24,26)/t15-/m0/s1. The molecule has 0 unspecified atom stereocenters. The summed E-state index contributed by atoms with van der Waals surface area (Å²) in [6.45, 7) is 3.36. The molecule has 2 amide bonds. The Morgan fingerprint density at radius 2 is 1.96 bits per heavy atom. The van der Waals surface area contributed by atoms with Gasteiger partial charge < -0.3 is 10.6 Å². The van der Waals surface area contributed by atoms with Crippen LogP contribution >= 0.6 is 11.3 Å². The van der Waals surface area contributed by atoms with Crippen LogP contribution in [0, 0.1) is 0 Å². The third-order valence-corrected chi connectivity index (χ3v) is 6.88. The molecule has 2 heterocycles. The second kappa shape index (κ2) is 8.45. The predicted octanol–water partition coefficient (Wildman–Crippen LogP) is 3.98. The third kappa shape index (κ3) is 4.13.